The maximum absolute atomic E-state index is 12.7. The van der Waals surface area contributed by atoms with E-state index < -0.39 is 0 Å². The van der Waals surface area contributed by atoms with E-state index in [1.165, 1.54) is 0 Å². The van der Waals surface area contributed by atoms with Crippen LogP contribution in [0, 0.1) is 0 Å². The number of aromatic nitrogens is 1. The number of ether oxygens (including phenoxy) is 1. The lowest BCUT2D eigenvalue weighted by Gasteiger charge is -2.36. The third-order valence-corrected chi connectivity index (χ3v) is 5.14. The van der Waals surface area contributed by atoms with Crippen LogP contribution in [0.5, 0.6) is 5.75 Å². The lowest BCUT2D eigenvalue weighted by Crippen LogP contribution is -2.50. The number of aryl methyl sites for hydroxylation is 1. The van der Waals surface area contributed by atoms with Gasteiger partial charge >= 0.3 is 6.03 Å². The van der Waals surface area contributed by atoms with Crippen LogP contribution in [0.2, 0.25) is 0 Å². The first kappa shape index (κ1) is 17.3. The molecule has 1 aliphatic heterocycles. The zero-order valence-electron chi connectivity index (χ0n) is 15.7. The summed E-state index contributed by atoms with van der Waals surface area (Å²) in [5, 5.41) is 4.14. The normalized spacial score (nSPS) is 14.4. The Hall–Kier alpha value is -3.15. The first-order valence-electron chi connectivity index (χ1n) is 9.15. The van der Waals surface area contributed by atoms with Gasteiger partial charge in [0.05, 0.1) is 12.8 Å². The monoisotopic (exact) mass is 364 g/mol. The number of methoxy groups -OCH3 is 1. The molecule has 6 heteroatoms. The number of nitrogens with zero attached hydrogens (tertiary/aromatic N) is 3. The Kier molecular flexibility index (Phi) is 4.62. The van der Waals surface area contributed by atoms with Crippen molar-refractivity contribution in [1.29, 1.82) is 0 Å². The Morgan fingerprint density at radius 1 is 1.00 bits per heavy atom. The fourth-order valence-electron chi connectivity index (χ4n) is 3.60. The Labute approximate surface area is 158 Å². The number of fused-ring (bicyclic) bond motifs is 1. The molecule has 2 heterocycles. The van der Waals surface area contributed by atoms with Gasteiger partial charge in [0.25, 0.3) is 0 Å². The molecule has 140 valence electrons. The predicted molar refractivity (Wildman–Crippen MR) is 109 cm³/mol. The molecule has 6 nitrogen and oxygen atoms in total. The van der Waals surface area contributed by atoms with Crippen molar-refractivity contribution in [1.82, 2.24) is 9.47 Å². The highest BCUT2D eigenvalue weighted by atomic mass is 16.5. The molecule has 4 rings (SSSR count). The summed E-state index contributed by atoms with van der Waals surface area (Å²) in [4.78, 5) is 16.9. The second-order valence-electron chi connectivity index (χ2n) is 6.77. The molecule has 1 saturated heterocycles. The standard InChI is InChI=1S/C21H24N4O2/c1-23-15-19(18-5-3-4-6-20(18)23)22-21(26)25-13-11-24(12-14-25)16-7-9-17(27-2)10-8-16/h3-10,15H,11-14H2,1-2H3,(H,22,26). The van der Waals surface area contributed by atoms with Crippen molar-refractivity contribution in [3.63, 3.8) is 0 Å². The smallest absolute Gasteiger partial charge is 0.322 e. The average Bonchev–Trinajstić information content (AvgIpc) is 3.04. The molecule has 2 aromatic carbocycles. The van der Waals surface area contributed by atoms with E-state index in [-0.39, 0.29) is 6.03 Å². The molecule has 3 aromatic rings. The molecule has 0 aliphatic carbocycles. The van der Waals surface area contributed by atoms with Crippen LogP contribution in [0.15, 0.2) is 54.7 Å². The summed E-state index contributed by atoms with van der Waals surface area (Å²) in [6.07, 6.45) is 1.97. The zero-order chi connectivity index (χ0) is 18.8. The van der Waals surface area contributed by atoms with Crippen LogP contribution in [0.25, 0.3) is 10.9 Å². The minimum atomic E-state index is -0.0410. The topological polar surface area (TPSA) is 49.7 Å². The van der Waals surface area contributed by atoms with Gasteiger partial charge < -0.3 is 24.4 Å². The van der Waals surface area contributed by atoms with Crippen molar-refractivity contribution in [2.24, 2.45) is 7.05 Å². The Morgan fingerprint density at radius 2 is 1.70 bits per heavy atom. The van der Waals surface area contributed by atoms with Crippen LogP contribution in [0.4, 0.5) is 16.2 Å². The molecule has 1 aromatic heterocycles. The van der Waals surface area contributed by atoms with E-state index in [2.05, 4.69) is 28.4 Å². The number of anilines is 2. The summed E-state index contributed by atoms with van der Waals surface area (Å²) >= 11 is 0. The van der Waals surface area contributed by atoms with Gasteiger partial charge in [-0.1, -0.05) is 18.2 Å². The lowest BCUT2D eigenvalue weighted by atomic mass is 10.2. The number of hydrogen-bond donors (Lipinski definition) is 1. The number of amides is 2. The minimum absolute atomic E-state index is 0.0410. The van der Waals surface area contributed by atoms with Gasteiger partial charge in [0.15, 0.2) is 0 Å². The minimum Gasteiger partial charge on any atom is -0.497 e. The van der Waals surface area contributed by atoms with E-state index in [1.807, 2.05) is 53.0 Å². The van der Waals surface area contributed by atoms with Gasteiger partial charge in [-0.05, 0) is 30.3 Å². The third kappa shape index (κ3) is 3.43. The number of para-hydroxylation sites is 1. The molecule has 27 heavy (non-hydrogen) atoms. The van der Waals surface area contributed by atoms with Gasteiger partial charge in [-0.25, -0.2) is 4.79 Å². The van der Waals surface area contributed by atoms with E-state index in [4.69, 9.17) is 4.74 Å². The second-order valence-corrected chi connectivity index (χ2v) is 6.77. The highest BCUT2D eigenvalue weighted by molar-refractivity contribution is 6.01. The van der Waals surface area contributed by atoms with E-state index in [0.29, 0.717) is 13.1 Å². The third-order valence-electron chi connectivity index (χ3n) is 5.14. The van der Waals surface area contributed by atoms with Crippen LogP contribution in [-0.2, 0) is 7.05 Å². The highest BCUT2D eigenvalue weighted by Crippen LogP contribution is 2.25. The van der Waals surface area contributed by atoms with Gasteiger partial charge in [0.1, 0.15) is 5.75 Å². The summed E-state index contributed by atoms with van der Waals surface area (Å²) < 4.78 is 7.25. The summed E-state index contributed by atoms with van der Waals surface area (Å²) in [7, 11) is 3.66. The van der Waals surface area contributed by atoms with Crippen LogP contribution in [-0.4, -0.2) is 48.8 Å². The highest BCUT2D eigenvalue weighted by Gasteiger charge is 2.22. The Balaban J connectivity index is 1.39. The Morgan fingerprint density at radius 3 is 2.41 bits per heavy atom. The van der Waals surface area contributed by atoms with Gasteiger partial charge in [0, 0.05) is 56.0 Å². The van der Waals surface area contributed by atoms with Gasteiger partial charge in [0.2, 0.25) is 0 Å². The van der Waals surface area contributed by atoms with Gasteiger partial charge in [-0.15, -0.1) is 0 Å². The summed E-state index contributed by atoms with van der Waals surface area (Å²) in [5.74, 6) is 0.854. The number of piperazine rings is 1. The van der Waals surface area contributed by atoms with E-state index in [0.717, 1.165) is 41.1 Å². The molecule has 0 bridgehead atoms. The number of carbonyl (C=O) groups excluding carboxylic acids is 1. The lowest BCUT2D eigenvalue weighted by molar-refractivity contribution is 0.208. The maximum Gasteiger partial charge on any atom is 0.322 e. The largest absolute Gasteiger partial charge is 0.497 e. The van der Waals surface area contributed by atoms with Crippen molar-refractivity contribution in [3.05, 3.63) is 54.7 Å². The van der Waals surface area contributed by atoms with Crippen LogP contribution in [0.1, 0.15) is 0 Å². The predicted octanol–water partition coefficient (Wildman–Crippen LogP) is 3.54. The average molecular weight is 364 g/mol. The quantitative estimate of drug-likeness (QED) is 0.773. The second kappa shape index (κ2) is 7.23. The van der Waals surface area contributed by atoms with E-state index in [9.17, 15) is 4.79 Å². The van der Waals surface area contributed by atoms with Crippen LogP contribution in [0.3, 0.4) is 0 Å². The molecule has 1 fully saturated rings. The van der Waals surface area contributed by atoms with E-state index >= 15 is 0 Å². The fraction of sp³-hybridized carbons (Fsp3) is 0.286. The van der Waals surface area contributed by atoms with Crippen molar-refractivity contribution in [3.8, 4) is 5.75 Å². The summed E-state index contributed by atoms with van der Waals surface area (Å²) in [6.45, 7) is 3.02. The molecule has 1 N–H and O–H groups in total. The van der Waals surface area contributed by atoms with Crippen molar-refractivity contribution >= 4 is 28.3 Å². The van der Waals surface area contributed by atoms with Crippen molar-refractivity contribution in [2.45, 2.75) is 0 Å². The summed E-state index contributed by atoms with van der Waals surface area (Å²) in [5.41, 5.74) is 3.12. The van der Waals surface area contributed by atoms with E-state index in [1.54, 1.807) is 7.11 Å². The molecule has 0 unspecified atom stereocenters. The molecule has 1 aliphatic rings. The SMILES string of the molecule is COc1ccc(N2CCN(C(=O)Nc3cn(C)c4ccccc34)CC2)cc1. The van der Waals surface area contributed by atoms with Gasteiger partial charge in [-0.2, -0.15) is 0 Å². The molecule has 2 amide bonds. The molecule has 0 radical (unpaired) electrons. The fourth-order valence-corrected chi connectivity index (χ4v) is 3.60. The maximum atomic E-state index is 12.7. The molecule has 0 atom stereocenters. The van der Waals surface area contributed by atoms with Gasteiger partial charge in [-0.3, -0.25) is 0 Å². The molecular weight excluding hydrogens is 340 g/mol. The first-order valence-corrected chi connectivity index (χ1v) is 9.15. The molecule has 0 spiro atoms. The van der Waals surface area contributed by atoms with Crippen LogP contribution >= 0.6 is 0 Å². The number of nitrogens with one attached hydrogen (secondary N) is 1. The summed E-state index contributed by atoms with van der Waals surface area (Å²) in [6, 6.07) is 16.1. The van der Waals surface area contributed by atoms with Crippen LogP contribution < -0.4 is 15.0 Å². The number of hydrogen-bond acceptors (Lipinski definition) is 3. The first-order chi connectivity index (χ1) is 13.2. The Bertz CT molecular complexity index is 940. The van der Waals surface area contributed by atoms with Crippen molar-refractivity contribution in [2.75, 3.05) is 43.5 Å². The number of urea groups is 1. The van der Waals surface area contributed by atoms with Crippen molar-refractivity contribution < 1.29 is 9.53 Å². The number of rotatable bonds is 3. The zero-order valence-corrected chi connectivity index (χ0v) is 15.7. The number of benzene rings is 2. The molecular formula is C21H24N4O2. The number of carbonyl (C=O) groups is 1. The molecule has 0 saturated carbocycles.